The molecule has 0 unspecified atom stereocenters. The molecule has 1 aromatic heterocycles. The highest BCUT2D eigenvalue weighted by Crippen LogP contribution is 2.28. The Kier molecular flexibility index (Phi) is 3.90. The van der Waals surface area contributed by atoms with Gasteiger partial charge in [-0.15, -0.1) is 0 Å². The van der Waals surface area contributed by atoms with Crippen LogP contribution in [0.15, 0.2) is 55.2 Å². The van der Waals surface area contributed by atoms with Gasteiger partial charge in [0.15, 0.2) is 0 Å². The first kappa shape index (κ1) is 16.2. The number of sulfonamides is 1. The van der Waals surface area contributed by atoms with Crippen LogP contribution in [0.2, 0.25) is 0 Å². The third kappa shape index (κ3) is 2.79. The highest BCUT2D eigenvalue weighted by atomic mass is 32.2. The summed E-state index contributed by atoms with van der Waals surface area (Å²) in [6, 6.07) is 11.8. The predicted molar refractivity (Wildman–Crippen MR) is 91.9 cm³/mol. The van der Waals surface area contributed by atoms with Gasteiger partial charge >= 0.3 is 0 Å². The van der Waals surface area contributed by atoms with Gasteiger partial charge in [-0.3, -0.25) is 0 Å². The first-order valence-electron chi connectivity index (χ1n) is 6.98. The molecule has 0 atom stereocenters. The molecule has 0 amide bonds. The average Bonchev–Trinajstić information content (AvgIpc) is 2.90. The van der Waals surface area contributed by atoms with Gasteiger partial charge < -0.3 is 9.30 Å². The molecule has 0 saturated heterocycles. The number of fused-ring (bicyclic) bond motifs is 1. The SMILES string of the molecule is C=C(c1ccc2c(c1)c(F)cn2-c1ccc(OC)cc1)S(N)(=O)=O. The molecule has 0 aliphatic heterocycles. The lowest BCUT2D eigenvalue weighted by Gasteiger charge is -2.08. The lowest BCUT2D eigenvalue weighted by Crippen LogP contribution is -2.12. The lowest BCUT2D eigenvalue weighted by molar-refractivity contribution is 0.415. The van der Waals surface area contributed by atoms with Crippen molar-refractivity contribution >= 4 is 25.8 Å². The molecule has 0 spiro atoms. The molecule has 24 heavy (non-hydrogen) atoms. The molecule has 0 aliphatic rings. The fraction of sp³-hybridized carbons (Fsp3) is 0.0588. The number of nitrogens with two attached hydrogens (primary N) is 1. The van der Waals surface area contributed by atoms with Gasteiger partial charge in [-0.25, -0.2) is 17.9 Å². The number of primary sulfonamides is 1. The largest absolute Gasteiger partial charge is 0.497 e. The maximum atomic E-state index is 14.3. The van der Waals surface area contributed by atoms with E-state index >= 15 is 0 Å². The van der Waals surface area contributed by atoms with Crippen LogP contribution in [-0.4, -0.2) is 20.1 Å². The molecule has 3 aromatic rings. The predicted octanol–water partition coefficient (Wildman–Crippen LogP) is 3.04. The second-order valence-corrected chi connectivity index (χ2v) is 6.83. The Hall–Kier alpha value is -2.64. The summed E-state index contributed by atoms with van der Waals surface area (Å²) in [7, 11) is -2.36. The summed E-state index contributed by atoms with van der Waals surface area (Å²) >= 11 is 0. The summed E-state index contributed by atoms with van der Waals surface area (Å²) < 4.78 is 43.9. The van der Waals surface area contributed by atoms with Crippen LogP contribution in [0.5, 0.6) is 5.75 Å². The van der Waals surface area contributed by atoms with Crippen LogP contribution in [0, 0.1) is 5.82 Å². The normalized spacial score (nSPS) is 11.6. The van der Waals surface area contributed by atoms with E-state index < -0.39 is 15.8 Å². The molecular weight excluding hydrogens is 331 g/mol. The monoisotopic (exact) mass is 346 g/mol. The molecule has 0 saturated carbocycles. The van der Waals surface area contributed by atoms with Crippen molar-refractivity contribution in [1.29, 1.82) is 0 Å². The van der Waals surface area contributed by atoms with E-state index in [0.717, 1.165) is 5.69 Å². The molecule has 7 heteroatoms. The summed E-state index contributed by atoms with van der Waals surface area (Å²) in [6.07, 6.45) is 1.34. The second kappa shape index (κ2) is 5.77. The molecule has 3 rings (SSSR count). The van der Waals surface area contributed by atoms with E-state index in [9.17, 15) is 12.8 Å². The molecule has 2 aromatic carbocycles. The van der Waals surface area contributed by atoms with E-state index in [4.69, 9.17) is 9.88 Å². The van der Waals surface area contributed by atoms with Gasteiger partial charge in [-0.05, 0) is 42.0 Å². The first-order chi connectivity index (χ1) is 11.3. The second-order valence-electron chi connectivity index (χ2n) is 5.25. The van der Waals surface area contributed by atoms with Gasteiger partial charge in [-0.1, -0.05) is 12.6 Å². The smallest absolute Gasteiger partial charge is 0.238 e. The molecular formula is C17H15FN2O3S. The summed E-state index contributed by atoms with van der Waals surface area (Å²) in [4.78, 5) is -0.249. The molecule has 1 heterocycles. The van der Waals surface area contributed by atoms with Crippen LogP contribution < -0.4 is 9.88 Å². The van der Waals surface area contributed by atoms with Crippen molar-refractivity contribution in [3.63, 3.8) is 0 Å². The van der Waals surface area contributed by atoms with Crippen molar-refractivity contribution < 1.29 is 17.5 Å². The van der Waals surface area contributed by atoms with Crippen LogP contribution in [0.3, 0.4) is 0 Å². The van der Waals surface area contributed by atoms with E-state index in [-0.39, 0.29) is 15.9 Å². The molecule has 0 bridgehead atoms. The number of aromatic nitrogens is 1. The number of halogens is 1. The quantitative estimate of drug-likeness (QED) is 0.789. The third-order valence-electron chi connectivity index (χ3n) is 3.77. The molecule has 124 valence electrons. The van der Waals surface area contributed by atoms with Crippen molar-refractivity contribution in [1.82, 2.24) is 4.57 Å². The van der Waals surface area contributed by atoms with Crippen LogP contribution in [0.25, 0.3) is 21.5 Å². The van der Waals surface area contributed by atoms with Gasteiger partial charge in [0.1, 0.15) is 11.6 Å². The minimum atomic E-state index is -3.93. The summed E-state index contributed by atoms with van der Waals surface area (Å²) in [5.41, 5.74) is 1.61. The highest BCUT2D eigenvalue weighted by Gasteiger charge is 2.16. The van der Waals surface area contributed by atoms with Crippen molar-refractivity contribution in [2.75, 3.05) is 7.11 Å². The third-order valence-corrected chi connectivity index (χ3v) is 4.69. The molecule has 0 radical (unpaired) electrons. The van der Waals surface area contributed by atoms with Gasteiger partial charge in [0, 0.05) is 17.3 Å². The number of rotatable bonds is 4. The van der Waals surface area contributed by atoms with E-state index in [2.05, 4.69) is 6.58 Å². The molecule has 0 fully saturated rings. The Morgan fingerprint density at radius 2 is 1.88 bits per heavy atom. The maximum absolute atomic E-state index is 14.3. The van der Waals surface area contributed by atoms with Gasteiger partial charge in [0.2, 0.25) is 10.0 Å². The number of benzene rings is 2. The highest BCUT2D eigenvalue weighted by molar-refractivity contribution is 7.98. The van der Waals surface area contributed by atoms with Crippen molar-refractivity contribution in [3.8, 4) is 11.4 Å². The molecule has 2 N–H and O–H groups in total. The topological polar surface area (TPSA) is 74.3 Å². The first-order valence-corrected chi connectivity index (χ1v) is 8.53. The Labute approximate surface area is 138 Å². The maximum Gasteiger partial charge on any atom is 0.238 e. The number of hydrogen-bond donors (Lipinski definition) is 1. The van der Waals surface area contributed by atoms with Gasteiger partial charge in [0.05, 0.1) is 17.5 Å². The van der Waals surface area contributed by atoms with Gasteiger partial charge in [0.25, 0.3) is 0 Å². The van der Waals surface area contributed by atoms with E-state index in [1.807, 2.05) is 0 Å². The minimum Gasteiger partial charge on any atom is -0.497 e. The Bertz CT molecular complexity index is 1040. The number of nitrogens with zero attached hydrogens (tertiary/aromatic N) is 1. The number of ether oxygens (including phenoxy) is 1. The zero-order valence-electron chi connectivity index (χ0n) is 12.9. The Balaban J connectivity index is 2.14. The van der Waals surface area contributed by atoms with Crippen LogP contribution in [0.4, 0.5) is 4.39 Å². The Morgan fingerprint density at radius 1 is 1.21 bits per heavy atom. The fourth-order valence-corrected chi connectivity index (χ4v) is 2.94. The van der Waals surface area contributed by atoms with E-state index in [0.29, 0.717) is 11.3 Å². The minimum absolute atomic E-state index is 0.249. The van der Waals surface area contributed by atoms with E-state index in [1.54, 1.807) is 48.1 Å². The fourth-order valence-electron chi connectivity index (χ4n) is 2.48. The number of methoxy groups -OCH3 is 1. The molecule has 0 aliphatic carbocycles. The Morgan fingerprint density at radius 3 is 2.46 bits per heavy atom. The molecule has 5 nitrogen and oxygen atoms in total. The summed E-state index contributed by atoms with van der Waals surface area (Å²) in [6.45, 7) is 3.46. The lowest BCUT2D eigenvalue weighted by atomic mass is 10.1. The number of hydrogen-bond acceptors (Lipinski definition) is 3. The van der Waals surface area contributed by atoms with Crippen molar-refractivity contribution in [2.45, 2.75) is 0 Å². The van der Waals surface area contributed by atoms with Crippen LogP contribution in [0.1, 0.15) is 5.56 Å². The van der Waals surface area contributed by atoms with Gasteiger partial charge in [-0.2, -0.15) is 0 Å². The van der Waals surface area contributed by atoms with Crippen molar-refractivity contribution in [2.24, 2.45) is 5.14 Å². The average molecular weight is 346 g/mol. The summed E-state index contributed by atoms with van der Waals surface area (Å²) in [5, 5.41) is 5.36. The van der Waals surface area contributed by atoms with Crippen LogP contribution >= 0.6 is 0 Å². The van der Waals surface area contributed by atoms with Crippen molar-refractivity contribution in [3.05, 3.63) is 66.6 Å². The standard InChI is InChI=1S/C17H15FN2O3S/c1-11(24(19,21)22)12-3-8-17-15(9-12)16(18)10-20(17)13-4-6-14(23-2)7-5-13/h3-10H,1H2,2H3,(H2,19,21,22). The van der Waals surface area contributed by atoms with Crippen LogP contribution in [-0.2, 0) is 10.0 Å². The zero-order valence-corrected chi connectivity index (χ0v) is 13.7. The zero-order chi connectivity index (χ0) is 17.5. The van der Waals surface area contributed by atoms with E-state index in [1.165, 1.54) is 12.3 Å². The summed E-state index contributed by atoms with van der Waals surface area (Å²) in [5.74, 6) is 0.229.